The van der Waals surface area contributed by atoms with Gasteiger partial charge < -0.3 is 0 Å². The van der Waals surface area contributed by atoms with Crippen LogP contribution in [0, 0.1) is 0 Å². The number of benzene rings is 2. The van der Waals surface area contributed by atoms with Crippen LogP contribution in [0.3, 0.4) is 0 Å². The predicted octanol–water partition coefficient (Wildman–Crippen LogP) is 3.76. The molecular formula is C20H19N2+. The molecule has 22 heavy (non-hydrogen) atoms. The second-order valence-corrected chi connectivity index (χ2v) is 5.79. The maximum Gasteiger partial charge on any atom is 0.277 e. The fraction of sp³-hybridized carbons (Fsp3) is 0.150. The number of hydrogen-bond donors (Lipinski definition) is 0. The highest BCUT2D eigenvalue weighted by Gasteiger charge is 2.28. The van der Waals surface area contributed by atoms with Crippen molar-refractivity contribution < 1.29 is 4.57 Å². The van der Waals surface area contributed by atoms with Crippen molar-refractivity contribution in [3.63, 3.8) is 0 Å². The first-order chi connectivity index (χ1) is 10.8. The van der Waals surface area contributed by atoms with Crippen LogP contribution in [0.5, 0.6) is 0 Å². The number of likely N-dealkylation sites (N-methyl/N-ethyl adjacent to an activating group) is 1. The summed E-state index contributed by atoms with van der Waals surface area (Å²) in [5, 5.41) is 0. The van der Waals surface area contributed by atoms with E-state index in [9.17, 15) is 0 Å². The SMILES string of the molecule is CN1CC[n+]2c(-c3ccccc3)cc(-c3ccccc3)cc21. The molecule has 3 aromatic rings. The molecule has 2 nitrogen and oxygen atoms in total. The first-order valence-corrected chi connectivity index (χ1v) is 7.73. The van der Waals surface area contributed by atoms with E-state index in [2.05, 4.69) is 89.3 Å². The topological polar surface area (TPSA) is 7.12 Å². The first kappa shape index (κ1) is 13.1. The molecule has 2 heteroatoms. The van der Waals surface area contributed by atoms with E-state index in [0.717, 1.165) is 13.1 Å². The molecule has 0 aliphatic carbocycles. The lowest BCUT2D eigenvalue weighted by Gasteiger charge is -2.11. The zero-order valence-electron chi connectivity index (χ0n) is 12.7. The molecule has 2 aromatic carbocycles. The molecule has 0 unspecified atom stereocenters. The van der Waals surface area contributed by atoms with Crippen molar-refractivity contribution in [3.8, 4) is 22.4 Å². The minimum atomic E-state index is 1.05. The molecule has 4 rings (SSSR count). The lowest BCUT2D eigenvalue weighted by atomic mass is 10.0. The van der Waals surface area contributed by atoms with E-state index in [0.29, 0.717) is 0 Å². The summed E-state index contributed by atoms with van der Waals surface area (Å²) in [6, 6.07) is 25.9. The predicted molar refractivity (Wildman–Crippen MR) is 90.8 cm³/mol. The molecule has 108 valence electrons. The highest BCUT2D eigenvalue weighted by Crippen LogP contribution is 2.29. The Morgan fingerprint density at radius 3 is 2.09 bits per heavy atom. The number of anilines is 1. The van der Waals surface area contributed by atoms with Gasteiger partial charge in [0.2, 0.25) is 0 Å². The summed E-state index contributed by atoms with van der Waals surface area (Å²) < 4.78 is 2.42. The van der Waals surface area contributed by atoms with Crippen molar-refractivity contribution in [3.05, 3.63) is 72.8 Å². The molecule has 0 saturated carbocycles. The Hall–Kier alpha value is -2.61. The quantitative estimate of drug-likeness (QED) is 0.651. The van der Waals surface area contributed by atoms with Crippen molar-refractivity contribution in [1.29, 1.82) is 0 Å². The van der Waals surface area contributed by atoms with Gasteiger partial charge in [0.25, 0.3) is 5.82 Å². The second-order valence-electron chi connectivity index (χ2n) is 5.79. The molecule has 1 aromatic heterocycles. The Labute approximate surface area is 131 Å². The van der Waals surface area contributed by atoms with Crippen LogP contribution in [0.2, 0.25) is 0 Å². The average molecular weight is 287 g/mol. The molecular weight excluding hydrogens is 268 g/mol. The molecule has 1 aliphatic heterocycles. The van der Waals surface area contributed by atoms with Crippen LogP contribution in [-0.2, 0) is 6.54 Å². The minimum absolute atomic E-state index is 1.05. The molecule has 0 bridgehead atoms. The second kappa shape index (κ2) is 5.30. The lowest BCUT2D eigenvalue weighted by molar-refractivity contribution is -0.659. The van der Waals surface area contributed by atoms with Crippen molar-refractivity contribution in [1.82, 2.24) is 0 Å². The Morgan fingerprint density at radius 1 is 0.773 bits per heavy atom. The smallest absolute Gasteiger partial charge is 0.260 e. The molecule has 0 saturated heterocycles. The van der Waals surface area contributed by atoms with Gasteiger partial charge in [0.05, 0.1) is 7.05 Å². The van der Waals surface area contributed by atoms with Crippen molar-refractivity contribution in [2.75, 3.05) is 18.5 Å². The van der Waals surface area contributed by atoms with Crippen LogP contribution in [-0.4, -0.2) is 13.6 Å². The summed E-state index contributed by atoms with van der Waals surface area (Å²) in [5.74, 6) is 1.29. The molecule has 2 heterocycles. The number of nitrogens with zero attached hydrogens (tertiary/aromatic N) is 2. The van der Waals surface area contributed by atoms with Crippen LogP contribution in [0.1, 0.15) is 0 Å². The zero-order valence-corrected chi connectivity index (χ0v) is 12.7. The van der Waals surface area contributed by atoms with Crippen molar-refractivity contribution >= 4 is 5.82 Å². The van der Waals surface area contributed by atoms with Gasteiger partial charge in [-0.3, -0.25) is 4.90 Å². The first-order valence-electron chi connectivity index (χ1n) is 7.73. The van der Waals surface area contributed by atoms with Crippen LogP contribution >= 0.6 is 0 Å². The van der Waals surface area contributed by atoms with Crippen molar-refractivity contribution in [2.45, 2.75) is 6.54 Å². The third-order valence-electron chi connectivity index (χ3n) is 4.37. The maximum atomic E-state index is 2.42. The monoisotopic (exact) mass is 287 g/mol. The Kier molecular flexibility index (Phi) is 3.15. The molecule has 0 atom stereocenters. The van der Waals surface area contributed by atoms with Gasteiger partial charge in [-0.1, -0.05) is 60.7 Å². The van der Waals surface area contributed by atoms with Gasteiger partial charge in [0.1, 0.15) is 18.8 Å². The molecule has 0 radical (unpaired) electrons. The Bertz CT molecular complexity index is 795. The normalized spacial score (nSPS) is 13.2. The summed E-state index contributed by atoms with van der Waals surface area (Å²) in [7, 11) is 2.17. The van der Waals surface area contributed by atoms with E-state index in [4.69, 9.17) is 0 Å². The third-order valence-corrected chi connectivity index (χ3v) is 4.37. The van der Waals surface area contributed by atoms with E-state index in [1.807, 2.05) is 0 Å². The molecule has 0 amide bonds. The number of rotatable bonds is 2. The maximum absolute atomic E-state index is 2.42. The summed E-state index contributed by atoms with van der Waals surface area (Å²) in [4.78, 5) is 2.33. The van der Waals surface area contributed by atoms with Gasteiger partial charge in [-0.15, -0.1) is 0 Å². The fourth-order valence-electron chi connectivity index (χ4n) is 3.17. The summed E-state index contributed by atoms with van der Waals surface area (Å²) in [5.41, 5.74) is 5.11. The van der Waals surface area contributed by atoms with E-state index >= 15 is 0 Å². The summed E-state index contributed by atoms with van der Waals surface area (Å²) in [6.45, 7) is 2.11. The van der Waals surface area contributed by atoms with Gasteiger partial charge in [-0.05, 0) is 17.2 Å². The van der Waals surface area contributed by atoms with Gasteiger partial charge >= 0.3 is 0 Å². The molecule has 1 aliphatic rings. The Balaban J connectivity index is 1.95. The Morgan fingerprint density at radius 2 is 1.41 bits per heavy atom. The van der Waals surface area contributed by atoms with E-state index in [1.54, 1.807) is 0 Å². The third kappa shape index (κ3) is 2.17. The van der Waals surface area contributed by atoms with E-state index in [1.165, 1.54) is 28.2 Å². The molecule has 0 N–H and O–H groups in total. The van der Waals surface area contributed by atoms with Gasteiger partial charge in [-0.25, -0.2) is 4.57 Å². The largest absolute Gasteiger partial charge is 0.277 e. The van der Waals surface area contributed by atoms with Gasteiger partial charge in [0, 0.05) is 11.6 Å². The molecule has 0 spiro atoms. The minimum Gasteiger partial charge on any atom is -0.260 e. The highest BCUT2D eigenvalue weighted by atomic mass is 15.3. The average Bonchev–Trinajstić information content (AvgIpc) is 2.97. The number of pyridine rings is 1. The van der Waals surface area contributed by atoms with Gasteiger partial charge in [-0.2, -0.15) is 0 Å². The molecule has 0 fully saturated rings. The number of hydrogen-bond acceptors (Lipinski definition) is 1. The fourth-order valence-corrected chi connectivity index (χ4v) is 3.17. The van der Waals surface area contributed by atoms with Crippen LogP contribution in [0.15, 0.2) is 72.8 Å². The van der Waals surface area contributed by atoms with E-state index < -0.39 is 0 Å². The van der Waals surface area contributed by atoms with Crippen LogP contribution in [0.4, 0.5) is 5.82 Å². The zero-order chi connectivity index (χ0) is 14.9. The van der Waals surface area contributed by atoms with Crippen LogP contribution in [0.25, 0.3) is 22.4 Å². The van der Waals surface area contributed by atoms with E-state index in [-0.39, 0.29) is 0 Å². The van der Waals surface area contributed by atoms with Gasteiger partial charge in [0.15, 0.2) is 0 Å². The number of fused-ring (bicyclic) bond motifs is 1. The summed E-state index contributed by atoms with van der Waals surface area (Å²) in [6.07, 6.45) is 0. The number of aromatic nitrogens is 1. The lowest BCUT2D eigenvalue weighted by Crippen LogP contribution is -2.34. The highest BCUT2D eigenvalue weighted by molar-refractivity contribution is 5.71. The van der Waals surface area contributed by atoms with Crippen molar-refractivity contribution in [2.24, 2.45) is 0 Å². The van der Waals surface area contributed by atoms with Crippen LogP contribution < -0.4 is 9.47 Å². The standard InChI is InChI=1S/C20H19N2/c1-21-12-13-22-19(17-10-6-3-7-11-17)14-18(15-20(21)22)16-8-4-2-5-9-16/h2-11,14-15H,12-13H2,1H3/q+1. The summed E-state index contributed by atoms with van der Waals surface area (Å²) >= 11 is 0.